The molecular weight excluding hydrogens is 456 g/mol. The fraction of sp³-hybridized carbons (Fsp3) is 0.381. The van der Waals surface area contributed by atoms with Crippen LogP contribution in [-0.2, 0) is 19.6 Å². The minimum absolute atomic E-state index is 0.000400. The third-order valence-electron chi connectivity index (χ3n) is 5.05. The van der Waals surface area contributed by atoms with Crippen molar-refractivity contribution in [1.29, 1.82) is 0 Å². The van der Waals surface area contributed by atoms with Gasteiger partial charge in [-0.2, -0.15) is 0 Å². The number of pyridine rings is 1. The van der Waals surface area contributed by atoms with E-state index in [9.17, 15) is 18.0 Å². The van der Waals surface area contributed by atoms with Gasteiger partial charge in [-0.05, 0) is 43.2 Å². The van der Waals surface area contributed by atoms with E-state index in [1.54, 1.807) is 23.1 Å². The predicted molar refractivity (Wildman–Crippen MR) is 120 cm³/mol. The van der Waals surface area contributed by atoms with E-state index >= 15 is 0 Å². The third kappa shape index (κ3) is 6.26. The molecule has 1 aliphatic rings. The molecule has 1 atom stereocenters. The lowest BCUT2D eigenvalue weighted by atomic mass is 9.96. The normalized spacial score (nSPS) is 16.6. The van der Waals surface area contributed by atoms with Crippen molar-refractivity contribution in [3.05, 3.63) is 53.2 Å². The Balaban J connectivity index is 1.67. The number of hydrogen-bond donors (Lipinski definition) is 2. The van der Waals surface area contributed by atoms with Crippen LogP contribution in [0, 0.1) is 5.92 Å². The van der Waals surface area contributed by atoms with Crippen LogP contribution in [0.1, 0.15) is 23.2 Å². The van der Waals surface area contributed by atoms with Crippen molar-refractivity contribution in [2.45, 2.75) is 17.7 Å². The van der Waals surface area contributed by atoms with Crippen LogP contribution in [-0.4, -0.2) is 63.5 Å². The fourth-order valence-corrected chi connectivity index (χ4v) is 4.56. The van der Waals surface area contributed by atoms with Crippen LogP contribution in [0.15, 0.2) is 47.5 Å². The lowest BCUT2D eigenvalue weighted by Crippen LogP contribution is -2.43. The summed E-state index contributed by atoms with van der Waals surface area (Å²) in [7, 11) is -2.28. The number of nitrogens with zero attached hydrogens (tertiary/aromatic N) is 2. The van der Waals surface area contributed by atoms with Gasteiger partial charge in [-0.1, -0.05) is 17.7 Å². The van der Waals surface area contributed by atoms with Crippen molar-refractivity contribution >= 4 is 39.3 Å². The smallest absolute Gasteiger partial charge is 0.253 e. The van der Waals surface area contributed by atoms with Gasteiger partial charge in [0.05, 0.1) is 22.4 Å². The molecule has 1 unspecified atom stereocenters. The van der Waals surface area contributed by atoms with Crippen LogP contribution < -0.4 is 10.0 Å². The van der Waals surface area contributed by atoms with E-state index in [-0.39, 0.29) is 42.0 Å². The minimum Gasteiger partial charge on any atom is -0.383 e. The number of hydrogen-bond acceptors (Lipinski definition) is 6. The number of methoxy groups -OCH3 is 1. The van der Waals surface area contributed by atoms with Crippen LogP contribution in [0.5, 0.6) is 0 Å². The van der Waals surface area contributed by atoms with Gasteiger partial charge in [-0.25, -0.2) is 18.1 Å². The summed E-state index contributed by atoms with van der Waals surface area (Å²) in [6.07, 6.45) is 2.74. The van der Waals surface area contributed by atoms with Crippen molar-refractivity contribution in [1.82, 2.24) is 14.6 Å². The van der Waals surface area contributed by atoms with Gasteiger partial charge in [0.2, 0.25) is 15.9 Å². The number of carbonyl (C=O) groups is 2. The maximum Gasteiger partial charge on any atom is 0.253 e. The molecule has 1 aliphatic heterocycles. The Morgan fingerprint density at radius 2 is 2.09 bits per heavy atom. The Kier molecular flexibility index (Phi) is 8.19. The van der Waals surface area contributed by atoms with Gasteiger partial charge in [-0.3, -0.25) is 9.59 Å². The van der Waals surface area contributed by atoms with Crippen LogP contribution in [0.25, 0.3) is 0 Å². The van der Waals surface area contributed by atoms with Gasteiger partial charge >= 0.3 is 0 Å². The van der Waals surface area contributed by atoms with Gasteiger partial charge in [0.15, 0.2) is 0 Å². The number of piperidine rings is 1. The molecule has 0 bridgehead atoms. The van der Waals surface area contributed by atoms with E-state index < -0.39 is 15.9 Å². The summed E-state index contributed by atoms with van der Waals surface area (Å²) >= 11 is 5.81. The summed E-state index contributed by atoms with van der Waals surface area (Å²) in [4.78, 5) is 31.3. The first kappa shape index (κ1) is 24.1. The molecule has 32 heavy (non-hydrogen) atoms. The summed E-state index contributed by atoms with van der Waals surface area (Å²) in [5.74, 6) is -0.549. The van der Waals surface area contributed by atoms with E-state index in [4.69, 9.17) is 16.3 Å². The van der Waals surface area contributed by atoms with Crippen molar-refractivity contribution in [3.8, 4) is 0 Å². The second-order valence-electron chi connectivity index (χ2n) is 7.36. The van der Waals surface area contributed by atoms with Crippen LogP contribution >= 0.6 is 11.6 Å². The third-order valence-corrected chi connectivity index (χ3v) is 6.73. The summed E-state index contributed by atoms with van der Waals surface area (Å²) in [6.45, 7) is 1.09. The molecule has 2 aromatic rings. The maximum absolute atomic E-state index is 13.0. The van der Waals surface area contributed by atoms with Crippen molar-refractivity contribution in [2.24, 2.45) is 5.92 Å². The molecule has 11 heteroatoms. The average Bonchev–Trinajstić information content (AvgIpc) is 2.80. The average molecular weight is 481 g/mol. The number of benzene rings is 1. The molecule has 1 aromatic carbocycles. The highest BCUT2D eigenvalue weighted by Gasteiger charge is 2.29. The summed E-state index contributed by atoms with van der Waals surface area (Å²) in [5, 5.41) is 3.22. The van der Waals surface area contributed by atoms with Gasteiger partial charge in [-0.15, -0.1) is 0 Å². The van der Waals surface area contributed by atoms with Gasteiger partial charge in [0.25, 0.3) is 5.91 Å². The minimum atomic E-state index is -3.76. The molecule has 1 saturated heterocycles. The van der Waals surface area contributed by atoms with Crippen molar-refractivity contribution in [3.63, 3.8) is 0 Å². The Morgan fingerprint density at radius 3 is 2.81 bits per heavy atom. The number of halogens is 1. The monoisotopic (exact) mass is 480 g/mol. The maximum atomic E-state index is 13.0. The summed E-state index contributed by atoms with van der Waals surface area (Å²) in [6, 6.07) is 9.11. The zero-order valence-corrected chi connectivity index (χ0v) is 19.2. The van der Waals surface area contributed by atoms with Crippen molar-refractivity contribution < 1.29 is 22.7 Å². The van der Waals surface area contributed by atoms with Gasteiger partial charge < -0.3 is 15.0 Å². The second kappa shape index (κ2) is 10.9. The summed E-state index contributed by atoms with van der Waals surface area (Å²) in [5.41, 5.74) is 0.250. The highest BCUT2D eigenvalue weighted by atomic mass is 35.5. The molecule has 2 heterocycles. The Bertz CT molecular complexity index is 1060. The Labute approximate surface area is 192 Å². The number of aromatic nitrogens is 1. The van der Waals surface area contributed by atoms with Crippen LogP contribution in [0.4, 0.5) is 5.82 Å². The largest absolute Gasteiger partial charge is 0.383 e. The topological polar surface area (TPSA) is 118 Å². The van der Waals surface area contributed by atoms with Gasteiger partial charge in [0, 0.05) is 38.5 Å². The second-order valence-corrected chi connectivity index (χ2v) is 9.56. The molecule has 0 radical (unpaired) electrons. The lowest BCUT2D eigenvalue weighted by Gasteiger charge is -2.32. The Morgan fingerprint density at radius 1 is 1.28 bits per heavy atom. The molecule has 1 aromatic heterocycles. The number of anilines is 1. The van der Waals surface area contributed by atoms with E-state index in [2.05, 4.69) is 15.0 Å². The molecule has 0 aliphatic carbocycles. The number of carbonyl (C=O) groups excluding carboxylic acids is 2. The highest BCUT2D eigenvalue weighted by molar-refractivity contribution is 7.89. The zero-order valence-electron chi connectivity index (χ0n) is 17.6. The molecular formula is C21H25ClN4O5S. The first-order chi connectivity index (χ1) is 15.3. The predicted octanol–water partition coefficient (Wildman–Crippen LogP) is 2.15. The SMILES string of the molecule is COCCNS(=O)(=O)c1cccc(C(=O)N2CCCC(C(=O)Nc3ccc(Cl)cn3)C2)c1. The molecule has 0 spiro atoms. The molecule has 9 nitrogen and oxygen atoms in total. The van der Waals surface area contributed by atoms with E-state index in [1.807, 2.05) is 0 Å². The van der Waals surface area contributed by atoms with E-state index in [0.717, 1.165) is 0 Å². The number of rotatable bonds is 8. The highest BCUT2D eigenvalue weighted by Crippen LogP contribution is 2.21. The van der Waals surface area contributed by atoms with Crippen LogP contribution in [0.2, 0.25) is 5.02 Å². The van der Waals surface area contributed by atoms with E-state index in [0.29, 0.717) is 30.2 Å². The number of nitrogens with one attached hydrogen (secondary N) is 2. The fourth-order valence-electron chi connectivity index (χ4n) is 3.39. The first-order valence-electron chi connectivity index (χ1n) is 10.1. The lowest BCUT2D eigenvalue weighted by molar-refractivity contribution is -0.121. The first-order valence-corrected chi connectivity index (χ1v) is 12.0. The van der Waals surface area contributed by atoms with E-state index in [1.165, 1.54) is 31.5 Å². The number of sulfonamides is 1. The Hall–Kier alpha value is -2.53. The zero-order chi connectivity index (χ0) is 23.1. The molecule has 172 valence electrons. The molecule has 2 amide bonds. The molecule has 3 rings (SSSR count). The molecule has 2 N–H and O–H groups in total. The number of ether oxygens (including phenoxy) is 1. The number of likely N-dealkylation sites (tertiary alicyclic amines) is 1. The standard InChI is InChI=1S/C21H25ClN4O5S/c1-31-11-9-24-32(29,30)18-6-2-4-15(12-18)21(28)26-10-3-5-16(14-26)20(27)25-19-8-7-17(22)13-23-19/h2,4,6-8,12-13,16,24H,3,5,9-11,14H2,1H3,(H,23,25,27). The van der Waals surface area contributed by atoms with Crippen LogP contribution in [0.3, 0.4) is 0 Å². The quantitative estimate of drug-likeness (QED) is 0.559. The number of amides is 2. The van der Waals surface area contributed by atoms with Crippen molar-refractivity contribution in [2.75, 3.05) is 38.7 Å². The molecule has 0 saturated carbocycles. The summed E-state index contributed by atoms with van der Waals surface area (Å²) < 4.78 is 32.2. The molecule has 1 fully saturated rings. The van der Waals surface area contributed by atoms with Gasteiger partial charge in [0.1, 0.15) is 5.82 Å².